The van der Waals surface area contributed by atoms with Gasteiger partial charge >= 0.3 is 0 Å². The summed E-state index contributed by atoms with van der Waals surface area (Å²) in [5.74, 6) is 0.251. The largest absolute Gasteiger partial charge is 0.314 e. The van der Waals surface area contributed by atoms with Gasteiger partial charge in [0.05, 0.1) is 5.75 Å². The van der Waals surface area contributed by atoms with E-state index in [9.17, 15) is 8.42 Å². The summed E-state index contributed by atoms with van der Waals surface area (Å²) < 4.78 is 26.5. The van der Waals surface area contributed by atoms with E-state index in [4.69, 9.17) is 0 Å². The first kappa shape index (κ1) is 16.9. The van der Waals surface area contributed by atoms with Gasteiger partial charge in [-0.3, -0.25) is 0 Å². The summed E-state index contributed by atoms with van der Waals surface area (Å²) in [5, 5.41) is 3.26. The Balaban J connectivity index is 2.50. The summed E-state index contributed by atoms with van der Waals surface area (Å²) in [4.78, 5) is 2.21. The van der Waals surface area contributed by atoms with Crippen LogP contribution in [0.4, 0.5) is 0 Å². The van der Waals surface area contributed by atoms with Crippen LogP contribution in [0.2, 0.25) is 0 Å². The van der Waals surface area contributed by atoms with Crippen LogP contribution in [0.3, 0.4) is 0 Å². The Labute approximate surface area is 118 Å². The second kappa shape index (κ2) is 7.57. The summed E-state index contributed by atoms with van der Waals surface area (Å²) in [6, 6.07) is 0.490. The lowest BCUT2D eigenvalue weighted by molar-refractivity contribution is 0.290. The number of likely N-dealkylation sites (N-methyl/N-ethyl adjacent to an activating group) is 1. The van der Waals surface area contributed by atoms with Gasteiger partial charge in [0.2, 0.25) is 10.0 Å². The van der Waals surface area contributed by atoms with E-state index in [-0.39, 0.29) is 11.8 Å². The second-order valence-electron chi connectivity index (χ2n) is 5.85. The first-order chi connectivity index (χ1) is 8.83. The van der Waals surface area contributed by atoms with Crippen LogP contribution in [0.5, 0.6) is 0 Å². The van der Waals surface area contributed by atoms with Gasteiger partial charge in [-0.2, -0.15) is 4.31 Å². The molecule has 1 unspecified atom stereocenters. The van der Waals surface area contributed by atoms with E-state index in [2.05, 4.69) is 31.1 Å². The Kier molecular flexibility index (Phi) is 6.73. The smallest absolute Gasteiger partial charge is 0.214 e. The fourth-order valence-corrected chi connectivity index (χ4v) is 4.29. The van der Waals surface area contributed by atoms with Crippen LogP contribution in [-0.4, -0.2) is 68.7 Å². The van der Waals surface area contributed by atoms with Crippen LogP contribution >= 0.6 is 0 Å². The van der Waals surface area contributed by atoms with Crippen LogP contribution in [0.15, 0.2) is 0 Å². The van der Waals surface area contributed by atoms with Gasteiger partial charge < -0.3 is 10.2 Å². The molecule has 0 aromatic rings. The third-order valence-corrected chi connectivity index (χ3v) is 5.54. The molecular weight excluding hydrogens is 262 g/mol. The molecule has 1 heterocycles. The molecule has 0 aromatic carbocycles. The molecule has 0 amide bonds. The van der Waals surface area contributed by atoms with Crippen LogP contribution in [0, 0.1) is 0 Å². The fraction of sp³-hybridized carbons (Fsp3) is 1.00. The predicted octanol–water partition coefficient (Wildman–Crippen LogP) is 0.730. The highest BCUT2D eigenvalue weighted by atomic mass is 32.2. The standard InChI is InChI=1S/C13H29N3O2S/c1-12(2)14-7-5-10-19(17,18)16-9-6-8-15(4)11-13(16)3/h12-14H,5-11H2,1-4H3. The Morgan fingerprint density at radius 1 is 1.32 bits per heavy atom. The molecule has 1 aliphatic heterocycles. The van der Waals surface area contributed by atoms with E-state index in [0.717, 1.165) is 26.1 Å². The van der Waals surface area contributed by atoms with Crippen molar-refractivity contribution in [3.8, 4) is 0 Å². The molecule has 6 heteroatoms. The monoisotopic (exact) mass is 291 g/mol. The van der Waals surface area contributed by atoms with Gasteiger partial charge in [0.1, 0.15) is 0 Å². The van der Waals surface area contributed by atoms with E-state index in [0.29, 0.717) is 19.0 Å². The van der Waals surface area contributed by atoms with Crippen molar-refractivity contribution in [1.82, 2.24) is 14.5 Å². The van der Waals surface area contributed by atoms with Crippen molar-refractivity contribution in [1.29, 1.82) is 0 Å². The molecule has 19 heavy (non-hydrogen) atoms. The normalized spacial score (nSPS) is 23.7. The van der Waals surface area contributed by atoms with Crippen molar-refractivity contribution in [2.24, 2.45) is 0 Å². The molecule has 1 aliphatic rings. The van der Waals surface area contributed by atoms with Gasteiger partial charge in [-0.25, -0.2) is 8.42 Å². The average Bonchev–Trinajstić information content (AvgIpc) is 2.45. The van der Waals surface area contributed by atoms with E-state index in [1.807, 2.05) is 6.92 Å². The van der Waals surface area contributed by atoms with E-state index in [1.54, 1.807) is 4.31 Å². The highest BCUT2D eigenvalue weighted by Crippen LogP contribution is 2.14. The Morgan fingerprint density at radius 2 is 2.00 bits per heavy atom. The maximum Gasteiger partial charge on any atom is 0.214 e. The Bertz CT molecular complexity index is 357. The second-order valence-corrected chi connectivity index (χ2v) is 7.90. The summed E-state index contributed by atoms with van der Waals surface area (Å²) in [6.45, 7) is 9.37. The van der Waals surface area contributed by atoms with Gasteiger partial charge in [-0.05, 0) is 39.9 Å². The minimum absolute atomic E-state index is 0.0792. The summed E-state index contributed by atoms with van der Waals surface area (Å²) in [7, 11) is -1.06. The highest BCUT2D eigenvalue weighted by Gasteiger charge is 2.29. The molecule has 0 radical (unpaired) electrons. The number of hydrogen-bond acceptors (Lipinski definition) is 4. The molecule has 0 saturated carbocycles. The van der Waals surface area contributed by atoms with Crippen LogP contribution < -0.4 is 5.32 Å². The third kappa shape index (κ3) is 5.77. The zero-order valence-electron chi connectivity index (χ0n) is 12.7. The average molecular weight is 291 g/mol. The van der Waals surface area contributed by atoms with Crippen LogP contribution in [0.1, 0.15) is 33.6 Å². The highest BCUT2D eigenvalue weighted by molar-refractivity contribution is 7.89. The molecule has 0 aliphatic carbocycles. The summed E-state index contributed by atoms with van der Waals surface area (Å²) >= 11 is 0. The van der Waals surface area contributed by atoms with Crippen molar-refractivity contribution in [2.75, 3.05) is 39.0 Å². The Hall–Kier alpha value is -0.170. The van der Waals surface area contributed by atoms with Crippen molar-refractivity contribution < 1.29 is 8.42 Å². The first-order valence-corrected chi connectivity index (χ1v) is 8.85. The van der Waals surface area contributed by atoms with E-state index < -0.39 is 10.0 Å². The Morgan fingerprint density at radius 3 is 2.63 bits per heavy atom. The van der Waals surface area contributed by atoms with Crippen molar-refractivity contribution >= 4 is 10.0 Å². The molecule has 5 nitrogen and oxygen atoms in total. The quantitative estimate of drug-likeness (QED) is 0.733. The molecule has 0 bridgehead atoms. The predicted molar refractivity (Wildman–Crippen MR) is 79.8 cm³/mol. The van der Waals surface area contributed by atoms with Crippen LogP contribution in [0.25, 0.3) is 0 Å². The zero-order chi connectivity index (χ0) is 14.5. The number of nitrogens with one attached hydrogen (secondary N) is 1. The zero-order valence-corrected chi connectivity index (χ0v) is 13.5. The minimum Gasteiger partial charge on any atom is -0.314 e. The minimum atomic E-state index is -3.11. The van der Waals surface area contributed by atoms with E-state index in [1.165, 1.54) is 0 Å². The summed E-state index contributed by atoms with van der Waals surface area (Å²) in [5.41, 5.74) is 0. The maximum atomic E-state index is 12.4. The molecule has 1 fully saturated rings. The fourth-order valence-electron chi connectivity index (χ4n) is 2.53. The number of hydrogen-bond donors (Lipinski definition) is 1. The molecule has 1 saturated heterocycles. The molecule has 1 N–H and O–H groups in total. The van der Waals surface area contributed by atoms with Crippen molar-refractivity contribution in [2.45, 2.75) is 45.7 Å². The molecule has 0 spiro atoms. The van der Waals surface area contributed by atoms with Crippen molar-refractivity contribution in [3.63, 3.8) is 0 Å². The van der Waals surface area contributed by atoms with Gasteiger partial charge in [-0.15, -0.1) is 0 Å². The summed E-state index contributed by atoms with van der Waals surface area (Å²) in [6.07, 6.45) is 1.60. The molecular formula is C13H29N3O2S. The van der Waals surface area contributed by atoms with E-state index >= 15 is 0 Å². The number of nitrogens with zero attached hydrogens (tertiary/aromatic N) is 2. The lowest BCUT2D eigenvalue weighted by atomic mass is 10.3. The first-order valence-electron chi connectivity index (χ1n) is 7.24. The number of sulfonamides is 1. The van der Waals surface area contributed by atoms with Crippen molar-refractivity contribution in [3.05, 3.63) is 0 Å². The SMILES string of the molecule is CC(C)NCCCS(=O)(=O)N1CCCN(C)CC1C. The van der Waals surface area contributed by atoms with Gasteiger partial charge in [-0.1, -0.05) is 13.8 Å². The van der Waals surface area contributed by atoms with Crippen LogP contribution in [-0.2, 0) is 10.0 Å². The lowest BCUT2D eigenvalue weighted by Gasteiger charge is -2.27. The molecule has 114 valence electrons. The number of rotatable bonds is 6. The topological polar surface area (TPSA) is 52.7 Å². The molecule has 1 rings (SSSR count). The van der Waals surface area contributed by atoms with Gasteiger partial charge in [0.25, 0.3) is 0 Å². The van der Waals surface area contributed by atoms with Gasteiger partial charge in [0, 0.05) is 25.2 Å². The lowest BCUT2D eigenvalue weighted by Crippen LogP contribution is -2.43. The molecule has 1 atom stereocenters. The molecule has 0 aromatic heterocycles. The van der Waals surface area contributed by atoms with Gasteiger partial charge in [0.15, 0.2) is 0 Å². The maximum absolute atomic E-state index is 12.4. The third-order valence-electron chi connectivity index (χ3n) is 3.47.